The van der Waals surface area contributed by atoms with Gasteiger partial charge in [0.15, 0.2) is 0 Å². The number of carbonyl (C=O) groups is 1. The van der Waals surface area contributed by atoms with Crippen LogP contribution in [0.15, 0.2) is 0 Å². The van der Waals surface area contributed by atoms with Gasteiger partial charge in [0, 0.05) is 32.1 Å². The molecule has 132 valence electrons. The van der Waals surface area contributed by atoms with Gasteiger partial charge < -0.3 is 25.8 Å². The Morgan fingerprint density at radius 2 is 1.83 bits per heavy atom. The van der Waals surface area contributed by atoms with Crippen molar-refractivity contribution in [3.05, 3.63) is 0 Å². The highest BCUT2D eigenvalue weighted by molar-refractivity contribution is 6.40. The van der Waals surface area contributed by atoms with Crippen molar-refractivity contribution in [2.24, 2.45) is 11.7 Å². The highest BCUT2D eigenvalue weighted by atomic mass is 16.4. The predicted octanol–water partition coefficient (Wildman–Crippen LogP) is -0.561. The Balaban J connectivity index is 1.84. The summed E-state index contributed by atoms with van der Waals surface area (Å²) in [6.07, 6.45) is 5.27. The molecule has 5 N–H and O–H groups in total. The van der Waals surface area contributed by atoms with Gasteiger partial charge in [-0.1, -0.05) is 12.8 Å². The Hall–Kier alpha value is -0.665. The van der Waals surface area contributed by atoms with E-state index in [9.17, 15) is 9.90 Å². The molecular weight excluding hydrogens is 297 g/mol. The van der Waals surface area contributed by atoms with Crippen LogP contribution in [0.5, 0.6) is 0 Å². The molecule has 7 nitrogen and oxygen atoms in total. The molecule has 0 aromatic rings. The molecule has 0 aromatic heterocycles. The number of hydrogen-bond donors (Lipinski definition) is 4. The molecule has 0 spiro atoms. The Bertz CT molecular complexity index is 393. The van der Waals surface area contributed by atoms with Crippen LogP contribution in [0.1, 0.15) is 32.1 Å². The average molecular weight is 327 g/mol. The van der Waals surface area contributed by atoms with E-state index in [0.717, 1.165) is 26.2 Å². The fourth-order valence-electron chi connectivity index (χ4n) is 3.81. The van der Waals surface area contributed by atoms with Gasteiger partial charge in [-0.05, 0) is 38.7 Å². The minimum atomic E-state index is -1.33. The van der Waals surface area contributed by atoms with Gasteiger partial charge >= 0.3 is 13.1 Å². The van der Waals surface area contributed by atoms with Crippen molar-refractivity contribution in [2.75, 3.05) is 39.3 Å². The van der Waals surface area contributed by atoms with Crippen molar-refractivity contribution in [3.63, 3.8) is 0 Å². The molecule has 2 rings (SSSR count). The maximum Gasteiger partial charge on any atom is 0.451 e. The second-order valence-electron chi connectivity index (χ2n) is 7.09. The van der Waals surface area contributed by atoms with Gasteiger partial charge in [-0.3, -0.25) is 9.69 Å². The molecule has 0 radical (unpaired) electrons. The molecule has 0 aromatic carbocycles. The van der Waals surface area contributed by atoms with Crippen molar-refractivity contribution in [2.45, 2.75) is 44.0 Å². The summed E-state index contributed by atoms with van der Waals surface area (Å²) >= 11 is 0. The fraction of sp³-hybridized carbons (Fsp3) is 0.933. The third kappa shape index (κ3) is 5.15. The molecule has 2 saturated heterocycles. The summed E-state index contributed by atoms with van der Waals surface area (Å²) in [6, 6.07) is 0. The van der Waals surface area contributed by atoms with Crippen LogP contribution in [0, 0.1) is 5.92 Å². The SMILES string of the molecule is NC1(C(=O)O)CN(CCN2CCCCC2)CC1CCCB(O)O. The first kappa shape index (κ1) is 18.7. The van der Waals surface area contributed by atoms with Crippen LogP contribution >= 0.6 is 0 Å². The number of piperidine rings is 1. The molecule has 2 aliphatic heterocycles. The summed E-state index contributed by atoms with van der Waals surface area (Å²) in [5, 5.41) is 27.4. The second-order valence-corrected chi connectivity index (χ2v) is 7.09. The topological polar surface area (TPSA) is 110 Å². The number of hydrogen-bond acceptors (Lipinski definition) is 6. The average Bonchev–Trinajstić information content (AvgIpc) is 2.84. The Morgan fingerprint density at radius 1 is 1.17 bits per heavy atom. The van der Waals surface area contributed by atoms with Crippen LogP contribution in [0.25, 0.3) is 0 Å². The first-order valence-electron chi connectivity index (χ1n) is 8.75. The van der Waals surface area contributed by atoms with Crippen LogP contribution in [0.3, 0.4) is 0 Å². The smallest absolute Gasteiger partial charge is 0.451 e. The number of nitrogens with zero attached hydrogens (tertiary/aromatic N) is 2. The molecule has 23 heavy (non-hydrogen) atoms. The zero-order chi connectivity index (χ0) is 16.9. The maximum atomic E-state index is 11.6. The van der Waals surface area contributed by atoms with Gasteiger partial charge in [0.25, 0.3) is 0 Å². The van der Waals surface area contributed by atoms with Gasteiger partial charge in [-0.25, -0.2) is 0 Å². The molecule has 2 aliphatic rings. The van der Waals surface area contributed by atoms with Crippen molar-refractivity contribution in [1.29, 1.82) is 0 Å². The Labute approximate surface area is 138 Å². The minimum Gasteiger partial charge on any atom is -0.480 e. The summed E-state index contributed by atoms with van der Waals surface area (Å²) in [4.78, 5) is 16.2. The van der Waals surface area contributed by atoms with Crippen LogP contribution in [-0.4, -0.2) is 82.8 Å². The molecule has 2 unspecified atom stereocenters. The molecular formula is C15H30BN3O4. The molecule has 2 atom stereocenters. The molecule has 0 bridgehead atoms. The Morgan fingerprint density at radius 3 is 2.43 bits per heavy atom. The summed E-state index contributed by atoms with van der Waals surface area (Å²) in [5.74, 6) is -1.09. The van der Waals surface area contributed by atoms with E-state index in [-0.39, 0.29) is 12.2 Å². The van der Waals surface area contributed by atoms with Crippen LogP contribution < -0.4 is 5.73 Å². The predicted molar refractivity (Wildman–Crippen MR) is 89.0 cm³/mol. The molecule has 2 heterocycles. The van der Waals surface area contributed by atoms with Crippen molar-refractivity contribution in [1.82, 2.24) is 9.80 Å². The zero-order valence-corrected chi connectivity index (χ0v) is 13.9. The third-order valence-corrected chi connectivity index (χ3v) is 5.29. The lowest BCUT2D eigenvalue weighted by Crippen LogP contribution is -2.55. The second kappa shape index (κ2) is 8.44. The van der Waals surface area contributed by atoms with Crippen molar-refractivity contribution in [3.8, 4) is 0 Å². The molecule has 2 fully saturated rings. The molecule has 8 heteroatoms. The first-order chi connectivity index (χ1) is 10.9. The summed E-state index contributed by atoms with van der Waals surface area (Å²) < 4.78 is 0. The minimum absolute atomic E-state index is 0.139. The quantitative estimate of drug-likeness (QED) is 0.442. The number of carboxylic acids is 1. The zero-order valence-electron chi connectivity index (χ0n) is 13.9. The number of likely N-dealkylation sites (tertiary alicyclic amines) is 2. The van der Waals surface area contributed by atoms with Gasteiger partial charge in [0.05, 0.1) is 0 Å². The van der Waals surface area contributed by atoms with E-state index in [1.54, 1.807) is 0 Å². The summed E-state index contributed by atoms with van der Waals surface area (Å²) in [5.41, 5.74) is 4.96. The van der Waals surface area contributed by atoms with Crippen LogP contribution in [0.4, 0.5) is 0 Å². The monoisotopic (exact) mass is 327 g/mol. The fourth-order valence-corrected chi connectivity index (χ4v) is 3.81. The molecule has 0 amide bonds. The van der Waals surface area contributed by atoms with Gasteiger partial charge in [0.1, 0.15) is 5.54 Å². The van der Waals surface area contributed by atoms with Gasteiger partial charge in [-0.2, -0.15) is 0 Å². The standard InChI is InChI=1S/C15H30BN3O4/c17-15(14(20)21)12-19(10-9-18-7-2-1-3-8-18)11-13(15)5-4-6-16(22)23/h13,22-23H,1-12,17H2,(H,20,21). The molecule has 0 saturated carbocycles. The highest BCUT2D eigenvalue weighted by Gasteiger charge is 2.48. The van der Waals surface area contributed by atoms with E-state index in [1.807, 2.05) is 0 Å². The van der Waals surface area contributed by atoms with E-state index in [4.69, 9.17) is 15.8 Å². The molecule has 0 aliphatic carbocycles. The van der Waals surface area contributed by atoms with E-state index >= 15 is 0 Å². The highest BCUT2D eigenvalue weighted by Crippen LogP contribution is 2.30. The van der Waals surface area contributed by atoms with E-state index in [2.05, 4.69) is 9.80 Å². The third-order valence-electron chi connectivity index (χ3n) is 5.29. The lowest BCUT2D eigenvalue weighted by molar-refractivity contribution is -0.144. The lowest BCUT2D eigenvalue weighted by Gasteiger charge is -2.28. The number of carboxylic acid groups (broad SMARTS) is 1. The van der Waals surface area contributed by atoms with Gasteiger partial charge in [0.2, 0.25) is 0 Å². The summed E-state index contributed by atoms with van der Waals surface area (Å²) in [6.45, 7) is 5.15. The summed E-state index contributed by atoms with van der Waals surface area (Å²) in [7, 11) is -1.33. The lowest BCUT2D eigenvalue weighted by atomic mass is 9.78. The number of rotatable bonds is 8. The van der Waals surface area contributed by atoms with Gasteiger partial charge in [-0.15, -0.1) is 0 Å². The van der Waals surface area contributed by atoms with Crippen molar-refractivity contribution < 1.29 is 19.9 Å². The first-order valence-corrected chi connectivity index (χ1v) is 8.75. The van der Waals surface area contributed by atoms with E-state index in [0.29, 0.717) is 25.9 Å². The number of aliphatic carboxylic acids is 1. The normalized spacial score (nSPS) is 29.8. The maximum absolute atomic E-state index is 11.6. The largest absolute Gasteiger partial charge is 0.480 e. The van der Waals surface area contributed by atoms with Crippen LogP contribution in [-0.2, 0) is 4.79 Å². The van der Waals surface area contributed by atoms with Crippen LogP contribution in [0.2, 0.25) is 6.32 Å². The number of nitrogens with two attached hydrogens (primary N) is 1. The van der Waals surface area contributed by atoms with E-state index < -0.39 is 18.6 Å². The Kier molecular flexibility index (Phi) is 6.85. The van der Waals surface area contributed by atoms with Crippen molar-refractivity contribution >= 4 is 13.1 Å². The van der Waals surface area contributed by atoms with E-state index in [1.165, 1.54) is 19.3 Å².